The third-order valence-corrected chi connectivity index (χ3v) is 6.43. The van der Waals surface area contributed by atoms with E-state index in [0.29, 0.717) is 0 Å². The second-order valence-corrected chi connectivity index (χ2v) is 7.88. The van der Waals surface area contributed by atoms with Crippen LogP contribution in [0.5, 0.6) is 5.75 Å². The Morgan fingerprint density at radius 1 is 1.11 bits per heavy atom. The van der Waals surface area contributed by atoms with E-state index < -0.39 is 0 Å². The van der Waals surface area contributed by atoms with Gasteiger partial charge in [0.05, 0.1) is 11.8 Å². The third-order valence-electron chi connectivity index (χ3n) is 5.18. The smallest absolute Gasteiger partial charge is 0.203 e. The number of hydrogen-bond donors (Lipinski definition) is 0. The van der Waals surface area contributed by atoms with Crippen LogP contribution < -0.4 is 14.5 Å². The molecule has 4 heterocycles. The molecule has 0 N–H and O–H groups in total. The molecule has 1 aliphatic rings. The van der Waals surface area contributed by atoms with E-state index >= 15 is 0 Å². The second-order valence-electron chi connectivity index (χ2n) is 6.90. The van der Waals surface area contributed by atoms with E-state index in [4.69, 9.17) is 9.72 Å². The monoisotopic (exact) mass is 395 g/mol. The molecule has 144 valence electrons. The molecule has 0 saturated carbocycles. The summed E-state index contributed by atoms with van der Waals surface area (Å²) in [7, 11) is 1.70. The summed E-state index contributed by atoms with van der Waals surface area (Å²) in [6, 6.07) is 4.09. The maximum absolute atomic E-state index is 5.51. The van der Waals surface area contributed by atoms with E-state index in [1.807, 2.05) is 16.7 Å². The van der Waals surface area contributed by atoms with Crippen LogP contribution in [0.1, 0.15) is 12.0 Å². The first-order chi connectivity index (χ1) is 13.7. The lowest BCUT2D eigenvalue weighted by Crippen LogP contribution is -2.31. The van der Waals surface area contributed by atoms with E-state index in [1.165, 1.54) is 10.3 Å². The first kappa shape index (κ1) is 17.2. The molecule has 1 saturated heterocycles. The number of aromatic nitrogens is 5. The number of nitrogens with zero attached hydrogens (tertiary/aromatic N) is 7. The molecule has 1 fully saturated rings. The van der Waals surface area contributed by atoms with Crippen LogP contribution in [0.25, 0.3) is 15.9 Å². The van der Waals surface area contributed by atoms with Crippen molar-refractivity contribution in [1.29, 1.82) is 0 Å². The van der Waals surface area contributed by atoms with Crippen LogP contribution in [-0.2, 0) is 0 Å². The Morgan fingerprint density at radius 3 is 2.86 bits per heavy atom. The van der Waals surface area contributed by atoms with Crippen molar-refractivity contribution in [1.82, 2.24) is 24.6 Å². The van der Waals surface area contributed by atoms with Crippen LogP contribution in [0.4, 0.5) is 10.9 Å². The lowest BCUT2D eigenvalue weighted by molar-refractivity contribution is 0.419. The molecular formula is C19H21N7OS. The Bertz CT molecular complexity index is 1140. The van der Waals surface area contributed by atoms with Gasteiger partial charge in [0.15, 0.2) is 10.9 Å². The standard InChI is InChI=1S/C19H21N7OS/c1-13-4-5-14(27-2)15-16(13)28-19(22-15)25-8-3-7-24(10-11-25)17-18-23-21-12-26(18)9-6-20-17/h4-6,9,12H,3,7-8,10-11H2,1-2H3. The summed E-state index contributed by atoms with van der Waals surface area (Å²) in [5, 5.41) is 9.29. The summed E-state index contributed by atoms with van der Waals surface area (Å²) < 4.78 is 8.62. The SMILES string of the molecule is COc1ccc(C)c2sc(N3CCCN(c4nccn5cnnc45)CC3)nc12. The minimum atomic E-state index is 0.802. The van der Waals surface area contributed by atoms with E-state index in [9.17, 15) is 0 Å². The number of fused-ring (bicyclic) bond motifs is 2. The van der Waals surface area contributed by atoms with Gasteiger partial charge in [-0.3, -0.25) is 4.40 Å². The first-order valence-electron chi connectivity index (χ1n) is 9.33. The number of rotatable bonds is 3. The Hall–Kier alpha value is -2.94. The summed E-state index contributed by atoms with van der Waals surface area (Å²) >= 11 is 1.74. The van der Waals surface area contributed by atoms with Crippen LogP contribution >= 0.6 is 11.3 Å². The predicted octanol–water partition coefficient (Wildman–Crippen LogP) is 2.77. The fourth-order valence-corrected chi connectivity index (χ4v) is 4.79. The highest BCUT2D eigenvalue weighted by Gasteiger charge is 2.22. The van der Waals surface area contributed by atoms with Crippen molar-refractivity contribution < 1.29 is 4.74 Å². The van der Waals surface area contributed by atoms with Gasteiger partial charge in [0.25, 0.3) is 0 Å². The Balaban J connectivity index is 1.42. The molecule has 0 spiro atoms. The molecule has 1 aromatic carbocycles. The number of hydrogen-bond acceptors (Lipinski definition) is 8. The van der Waals surface area contributed by atoms with Crippen molar-refractivity contribution in [2.45, 2.75) is 13.3 Å². The minimum Gasteiger partial charge on any atom is -0.494 e. The molecule has 0 aliphatic carbocycles. The number of benzene rings is 1. The number of aryl methyl sites for hydroxylation is 1. The van der Waals surface area contributed by atoms with Crippen LogP contribution in [0.2, 0.25) is 0 Å². The molecule has 0 amide bonds. The second kappa shape index (κ2) is 6.90. The van der Waals surface area contributed by atoms with Gasteiger partial charge in [-0.1, -0.05) is 17.4 Å². The van der Waals surface area contributed by atoms with Crippen LogP contribution in [0, 0.1) is 6.92 Å². The topological polar surface area (TPSA) is 71.7 Å². The molecule has 0 bridgehead atoms. The largest absolute Gasteiger partial charge is 0.494 e. The van der Waals surface area contributed by atoms with Gasteiger partial charge in [-0.2, -0.15) is 0 Å². The number of thiazole rings is 1. The molecular weight excluding hydrogens is 374 g/mol. The molecule has 4 aromatic rings. The Kier molecular flexibility index (Phi) is 4.23. The molecule has 28 heavy (non-hydrogen) atoms. The molecule has 0 radical (unpaired) electrons. The normalized spacial score (nSPS) is 15.4. The van der Waals surface area contributed by atoms with Gasteiger partial charge in [0.2, 0.25) is 5.65 Å². The van der Waals surface area contributed by atoms with Crippen molar-refractivity contribution in [3.8, 4) is 5.75 Å². The maximum atomic E-state index is 5.51. The molecule has 9 heteroatoms. The average molecular weight is 395 g/mol. The van der Waals surface area contributed by atoms with Gasteiger partial charge < -0.3 is 14.5 Å². The van der Waals surface area contributed by atoms with Crippen molar-refractivity contribution in [2.75, 3.05) is 43.1 Å². The lowest BCUT2D eigenvalue weighted by atomic mass is 10.2. The van der Waals surface area contributed by atoms with Gasteiger partial charge >= 0.3 is 0 Å². The molecule has 8 nitrogen and oxygen atoms in total. The Morgan fingerprint density at radius 2 is 1.96 bits per heavy atom. The number of ether oxygens (including phenoxy) is 1. The Labute approximate surface area is 166 Å². The summed E-state index contributed by atoms with van der Waals surface area (Å²) in [6.45, 7) is 5.78. The third kappa shape index (κ3) is 2.82. The van der Waals surface area contributed by atoms with Crippen molar-refractivity contribution in [3.05, 3.63) is 36.4 Å². The summed E-state index contributed by atoms with van der Waals surface area (Å²) in [5.41, 5.74) is 2.99. The zero-order chi connectivity index (χ0) is 19.1. The molecule has 1 aliphatic heterocycles. The average Bonchev–Trinajstić information content (AvgIpc) is 3.30. The molecule has 0 atom stereocenters. The summed E-state index contributed by atoms with van der Waals surface area (Å²) in [4.78, 5) is 14.1. The molecule has 3 aromatic heterocycles. The maximum Gasteiger partial charge on any atom is 0.203 e. The minimum absolute atomic E-state index is 0.802. The van der Waals surface area contributed by atoms with E-state index in [1.54, 1.807) is 31.0 Å². The fraction of sp³-hybridized carbons (Fsp3) is 0.368. The zero-order valence-corrected chi connectivity index (χ0v) is 16.7. The molecule has 5 rings (SSSR count). The first-order valence-corrected chi connectivity index (χ1v) is 10.1. The van der Waals surface area contributed by atoms with Gasteiger partial charge in [-0.25, -0.2) is 9.97 Å². The zero-order valence-electron chi connectivity index (χ0n) is 15.9. The van der Waals surface area contributed by atoms with Crippen LogP contribution in [0.3, 0.4) is 0 Å². The highest BCUT2D eigenvalue weighted by Crippen LogP contribution is 2.36. The van der Waals surface area contributed by atoms with E-state index in [2.05, 4.69) is 38.0 Å². The fourth-order valence-electron chi connectivity index (χ4n) is 3.69. The van der Waals surface area contributed by atoms with Gasteiger partial charge in [-0.05, 0) is 25.0 Å². The number of anilines is 2. The van der Waals surface area contributed by atoms with Crippen molar-refractivity contribution in [3.63, 3.8) is 0 Å². The summed E-state index contributed by atoms with van der Waals surface area (Å²) in [6.07, 6.45) is 6.42. The quantitative estimate of drug-likeness (QED) is 0.528. The van der Waals surface area contributed by atoms with Crippen molar-refractivity contribution >= 4 is 38.2 Å². The van der Waals surface area contributed by atoms with Gasteiger partial charge in [0, 0.05) is 38.6 Å². The van der Waals surface area contributed by atoms with E-state index in [0.717, 1.165) is 60.5 Å². The summed E-state index contributed by atoms with van der Waals surface area (Å²) in [5.74, 6) is 1.73. The number of methoxy groups -OCH3 is 1. The lowest BCUT2D eigenvalue weighted by Gasteiger charge is -2.22. The highest BCUT2D eigenvalue weighted by molar-refractivity contribution is 7.22. The van der Waals surface area contributed by atoms with Crippen LogP contribution in [0.15, 0.2) is 30.9 Å². The van der Waals surface area contributed by atoms with Crippen LogP contribution in [-0.4, -0.2) is 57.9 Å². The van der Waals surface area contributed by atoms with Gasteiger partial charge in [0.1, 0.15) is 17.6 Å². The molecule has 0 unspecified atom stereocenters. The predicted molar refractivity (Wildman–Crippen MR) is 111 cm³/mol. The van der Waals surface area contributed by atoms with E-state index in [-0.39, 0.29) is 0 Å². The van der Waals surface area contributed by atoms with Crippen molar-refractivity contribution in [2.24, 2.45) is 0 Å². The highest BCUT2D eigenvalue weighted by atomic mass is 32.1. The van der Waals surface area contributed by atoms with Gasteiger partial charge in [-0.15, -0.1) is 10.2 Å².